The van der Waals surface area contributed by atoms with Crippen LogP contribution in [0.15, 0.2) is 60.2 Å². The van der Waals surface area contributed by atoms with Crippen LogP contribution < -0.4 is 5.32 Å². The zero-order valence-corrected chi connectivity index (χ0v) is 21.4. The zero-order valence-electron chi connectivity index (χ0n) is 21.4. The van der Waals surface area contributed by atoms with Crippen LogP contribution in [0.1, 0.15) is 61.0 Å². The summed E-state index contributed by atoms with van der Waals surface area (Å²) in [5.41, 5.74) is 6.26. The second-order valence-corrected chi connectivity index (χ2v) is 11.5. The predicted octanol–water partition coefficient (Wildman–Crippen LogP) is 7.25. The van der Waals surface area contributed by atoms with Gasteiger partial charge in [-0.15, -0.1) is 0 Å². The van der Waals surface area contributed by atoms with Crippen LogP contribution in [0.3, 0.4) is 0 Å². The molecule has 188 valence electrons. The van der Waals surface area contributed by atoms with Gasteiger partial charge in [-0.2, -0.15) is 5.26 Å². The minimum absolute atomic E-state index is 0.00161. The number of nitriles is 1. The zero-order chi connectivity index (χ0) is 25.7. The summed E-state index contributed by atoms with van der Waals surface area (Å²) >= 11 is 0. The molecule has 0 atom stereocenters. The van der Waals surface area contributed by atoms with E-state index >= 15 is 0 Å². The third-order valence-corrected chi connectivity index (χ3v) is 9.01. The van der Waals surface area contributed by atoms with Crippen molar-refractivity contribution in [2.75, 3.05) is 5.32 Å². The Morgan fingerprint density at radius 3 is 2.16 bits per heavy atom. The Labute approximate surface area is 217 Å². The average Bonchev–Trinajstić information content (AvgIpc) is 3.15. The fourth-order valence-electron chi connectivity index (χ4n) is 7.80. The Balaban J connectivity index is 1.25. The first-order valence-corrected chi connectivity index (χ1v) is 13.3. The second kappa shape index (κ2) is 9.03. The van der Waals surface area contributed by atoms with Gasteiger partial charge in [-0.1, -0.05) is 12.1 Å². The van der Waals surface area contributed by atoms with Crippen molar-refractivity contribution in [3.8, 4) is 11.8 Å². The molecule has 0 unspecified atom stereocenters. The van der Waals surface area contributed by atoms with E-state index in [4.69, 9.17) is 0 Å². The Bertz CT molecular complexity index is 1390. The molecule has 5 heteroatoms. The summed E-state index contributed by atoms with van der Waals surface area (Å²) in [6.07, 6.45) is 10.0. The highest BCUT2D eigenvalue weighted by molar-refractivity contribution is 6.09. The largest absolute Gasteiger partial charge is 0.321 e. The maximum atomic E-state index is 13.2. The van der Waals surface area contributed by atoms with E-state index in [1.807, 2.05) is 26.0 Å². The van der Waals surface area contributed by atoms with Crippen molar-refractivity contribution < 1.29 is 9.18 Å². The molecule has 4 saturated carbocycles. The predicted molar refractivity (Wildman–Crippen MR) is 144 cm³/mol. The number of hydrogen-bond donors (Lipinski definition) is 1. The van der Waals surface area contributed by atoms with Gasteiger partial charge in [0.1, 0.15) is 17.5 Å². The number of carbonyl (C=O) groups is 1. The lowest BCUT2D eigenvalue weighted by atomic mass is 9.48. The van der Waals surface area contributed by atoms with Crippen LogP contribution in [-0.4, -0.2) is 10.5 Å². The average molecular weight is 494 g/mol. The van der Waals surface area contributed by atoms with Crippen LogP contribution in [0.4, 0.5) is 10.1 Å². The number of halogens is 1. The molecule has 0 radical (unpaired) electrons. The van der Waals surface area contributed by atoms with Crippen LogP contribution >= 0.6 is 0 Å². The summed E-state index contributed by atoms with van der Waals surface area (Å²) in [5, 5.41) is 12.3. The molecule has 4 aliphatic rings. The van der Waals surface area contributed by atoms with E-state index in [0.29, 0.717) is 11.1 Å². The molecule has 1 N–H and O–H groups in total. The molecule has 37 heavy (non-hydrogen) atoms. The Kier molecular flexibility index (Phi) is 5.79. The highest BCUT2D eigenvalue weighted by Gasteiger charge is 2.51. The summed E-state index contributed by atoms with van der Waals surface area (Å²) < 4.78 is 15.4. The van der Waals surface area contributed by atoms with Gasteiger partial charge in [0.05, 0.1) is 0 Å². The van der Waals surface area contributed by atoms with Crippen molar-refractivity contribution in [1.82, 2.24) is 4.57 Å². The highest BCUT2D eigenvalue weighted by atomic mass is 19.1. The van der Waals surface area contributed by atoms with Gasteiger partial charge in [0.2, 0.25) is 0 Å². The van der Waals surface area contributed by atoms with Crippen molar-refractivity contribution in [2.24, 2.45) is 17.8 Å². The first-order chi connectivity index (χ1) is 17.8. The number of benzene rings is 2. The fraction of sp³-hybridized carbons (Fsp3) is 0.375. The van der Waals surface area contributed by atoms with E-state index in [-0.39, 0.29) is 11.4 Å². The number of aromatic nitrogens is 1. The summed E-state index contributed by atoms with van der Waals surface area (Å²) in [6.45, 7) is 4.06. The Morgan fingerprint density at radius 2 is 1.59 bits per heavy atom. The number of anilines is 1. The third kappa shape index (κ3) is 4.29. The topological polar surface area (TPSA) is 57.8 Å². The van der Waals surface area contributed by atoms with Gasteiger partial charge in [0.25, 0.3) is 5.91 Å². The van der Waals surface area contributed by atoms with E-state index in [1.165, 1.54) is 68.4 Å². The van der Waals surface area contributed by atoms with E-state index in [9.17, 15) is 14.4 Å². The van der Waals surface area contributed by atoms with E-state index in [0.717, 1.165) is 40.4 Å². The number of amides is 1. The molecule has 4 nitrogen and oxygen atoms in total. The quantitative estimate of drug-likeness (QED) is 0.301. The molecule has 0 aliphatic heterocycles. The molecule has 1 heterocycles. The van der Waals surface area contributed by atoms with Crippen LogP contribution in [-0.2, 0) is 10.2 Å². The van der Waals surface area contributed by atoms with E-state index in [1.54, 1.807) is 6.08 Å². The number of carbonyl (C=O) groups excluding carboxylic acids is 1. The molecule has 1 amide bonds. The third-order valence-electron chi connectivity index (χ3n) is 9.01. The summed E-state index contributed by atoms with van der Waals surface area (Å²) in [5.74, 6) is 1.86. The smallest absolute Gasteiger partial charge is 0.266 e. The van der Waals surface area contributed by atoms with Crippen molar-refractivity contribution in [3.63, 3.8) is 0 Å². The molecule has 7 rings (SSSR count). The number of nitrogens with one attached hydrogen (secondary N) is 1. The normalized spacial score (nSPS) is 26.2. The van der Waals surface area contributed by atoms with Gasteiger partial charge in [0, 0.05) is 22.8 Å². The monoisotopic (exact) mass is 493 g/mol. The number of hydrogen-bond acceptors (Lipinski definition) is 2. The maximum absolute atomic E-state index is 13.2. The van der Waals surface area contributed by atoms with Gasteiger partial charge in [-0.05, 0) is 135 Å². The standard InChI is InChI=1S/C32H32FN3O/c1-20-11-25(15-26(19-34)31(37)35-29-7-5-28(33)6-8-29)21(2)36(20)30-9-3-27(4-10-30)32-16-22-12-23(17-32)14-24(13-22)18-32/h3-11,15,22-24H,12-14,16-18H2,1-2H3,(H,35,37)/b26-15-. The van der Waals surface area contributed by atoms with Crippen molar-refractivity contribution in [2.45, 2.75) is 57.8 Å². The van der Waals surface area contributed by atoms with Crippen LogP contribution in [0, 0.1) is 48.7 Å². The molecule has 2 aromatic carbocycles. The minimum atomic E-state index is -0.515. The van der Waals surface area contributed by atoms with Gasteiger partial charge >= 0.3 is 0 Å². The molecule has 0 spiro atoms. The van der Waals surface area contributed by atoms with Gasteiger partial charge in [-0.3, -0.25) is 4.79 Å². The SMILES string of the molecule is Cc1cc(/C=C(/C#N)C(=O)Nc2ccc(F)cc2)c(C)n1-c1ccc(C23CC4CC(CC(C4)C2)C3)cc1. The molecule has 1 aromatic heterocycles. The summed E-state index contributed by atoms with van der Waals surface area (Å²) in [4.78, 5) is 12.7. The fourth-order valence-corrected chi connectivity index (χ4v) is 7.80. The Morgan fingerprint density at radius 1 is 1.00 bits per heavy atom. The maximum Gasteiger partial charge on any atom is 0.266 e. The summed E-state index contributed by atoms with van der Waals surface area (Å²) in [7, 11) is 0. The molecule has 4 fully saturated rings. The minimum Gasteiger partial charge on any atom is -0.321 e. The van der Waals surface area contributed by atoms with Gasteiger partial charge in [0.15, 0.2) is 0 Å². The van der Waals surface area contributed by atoms with Crippen molar-refractivity contribution in [3.05, 3.63) is 88.5 Å². The summed E-state index contributed by atoms with van der Waals surface area (Å²) in [6, 6.07) is 18.7. The second-order valence-electron chi connectivity index (χ2n) is 11.5. The van der Waals surface area contributed by atoms with E-state index in [2.05, 4.69) is 34.1 Å². The molecule has 4 bridgehead atoms. The number of aryl methyl sites for hydroxylation is 1. The van der Waals surface area contributed by atoms with Crippen LogP contribution in [0.5, 0.6) is 0 Å². The molecule has 4 aliphatic carbocycles. The number of nitrogens with zero attached hydrogens (tertiary/aromatic N) is 2. The van der Waals surface area contributed by atoms with Crippen LogP contribution in [0.25, 0.3) is 11.8 Å². The molecular formula is C32H32FN3O. The number of rotatable bonds is 5. The van der Waals surface area contributed by atoms with Gasteiger partial charge < -0.3 is 9.88 Å². The van der Waals surface area contributed by atoms with Crippen molar-refractivity contribution in [1.29, 1.82) is 5.26 Å². The Hall–Kier alpha value is -3.65. The van der Waals surface area contributed by atoms with Gasteiger partial charge in [-0.25, -0.2) is 4.39 Å². The first kappa shape index (κ1) is 23.7. The molecule has 0 saturated heterocycles. The lowest BCUT2D eigenvalue weighted by Crippen LogP contribution is -2.48. The highest BCUT2D eigenvalue weighted by Crippen LogP contribution is 2.60. The lowest BCUT2D eigenvalue weighted by Gasteiger charge is -2.57. The van der Waals surface area contributed by atoms with Crippen molar-refractivity contribution >= 4 is 17.7 Å². The first-order valence-electron chi connectivity index (χ1n) is 13.3. The van der Waals surface area contributed by atoms with E-state index < -0.39 is 5.91 Å². The molecule has 3 aromatic rings. The molecular weight excluding hydrogens is 461 g/mol. The van der Waals surface area contributed by atoms with Crippen LogP contribution in [0.2, 0.25) is 0 Å². The lowest BCUT2D eigenvalue weighted by molar-refractivity contribution is -0.112.